The summed E-state index contributed by atoms with van der Waals surface area (Å²) in [4.78, 5) is 1.99. The van der Waals surface area contributed by atoms with Crippen LogP contribution in [0.5, 0.6) is 0 Å². The summed E-state index contributed by atoms with van der Waals surface area (Å²) in [7, 11) is 1.92. The molecule has 1 nitrogen and oxygen atoms in total. The minimum atomic E-state index is -0.180. The number of halogens is 3. The quantitative estimate of drug-likeness (QED) is 0.765. The van der Waals surface area contributed by atoms with Crippen LogP contribution in [0, 0.1) is 5.82 Å². The number of hydrogen-bond acceptors (Lipinski definition) is 1. The topological polar surface area (TPSA) is 3.24 Å². The van der Waals surface area contributed by atoms with E-state index in [-0.39, 0.29) is 5.82 Å². The predicted molar refractivity (Wildman–Crippen MR) is 61.2 cm³/mol. The Hall–Kier alpha value is -0.120. The molecule has 1 aromatic rings. The third kappa shape index (κ3) is 3.56. The molecule has 0 heterocycles. The molecule has 4 heteroatoms. The minimum Gasteiger partial charge on any atom is -0.301 e. The highest BCUT2D eigenvalue weighted by Crippen LogP contribution is 2.16. The van der Waals surface area contributed by atoms with Gasteiger partial charge in [0.05, 0.1) is 0 Å². The van der Waals surface area contributed by atoms with Gasteiger partial charge in [-0.3, -0.25) is 0 Å². The highest BCUT2D eigenvalue weighted by atomic mass is 79.9. The number of alkyl halides is 1. The molecule has 0 atom stereocenters. The summed E-state index contributed by atoms with van der Waals surface area (Å²) in [6.45, 7) is 1.35. The molecule has 0 saturated carbocycles. The van der Waals surface area contributed by atoms with Crippen molar-refractivity contribution in [2.75, 3.05) is 19.5 Å². The van der Waals surface area contributed by atoms with Crippen LogP contribution in [0.3, 0.4) is 0 Å². The number of nitrogens with zero attached hydrogens (tertiary/aromatic N) is 1. The average molecular weight is 281 g/mol. The van der Waals surface area contributed by atoms with Gasteiger partial charge in [-0.05, 0) is 19.2 Å². The molecule has 0 aliphatic rings. The molecule has 78 valence electrons. The van der Waals surface area contributed by atoms with E-state index in [2.05, 4.69) is 15.9 Å². The molecule has 0 aromatic heterocycles. The highest BCUT2D eigenvalue weighted by molar-refractivity contribution is 9.10. The second kappa shape index (κ2) is 5.69. The van der Waals surface area contributed by atoms with Crippen LogP contribution in [0.25, 0.3) is 0 Å². The Balaban J connectivity index is 2.67. The SMILES string of the molecule is CN(CCCl)Cc1ccc(Br)cc1F. The molecule has 0 aliphatic heterocycles. The molecule has 0 fully saturated rings. The van der Waals surface area contributed by atoms with Gasteiger partial charge < -0.3 is 4.90 Å². The van der Waals surface area contributed by atoms with Crippen molar-refractivity contribution in [2.24, 2.45) is 0 Å². The molecule has 0 N–H and O–H groups in total. The third-order valence-corrected chi connectivity index (χ3v) is 2.58. The van der Waals surface area contributed by atoms with Crippen LogP contribution in [0.1, 0.15) is 5.56 Å². The predicted octanol–water partition coefficient (Wildman–Crippen LogP) is 3.26. The van der Waals surface area contributed by atoms with Gasteiger partial charge in [0.15, 0.2) is 0 Å². The molecule has 1 aromatic carbocycles. The first kappa shape index (κ1) is 12.0. The first-order chi connectivity index (χ1) is 6.63. The Morgan fingerprint density at radius 1 is 1.50 bits per heavy atom. The summed E-state index contributed by atoms with van der Waals surface area (Å²) in [5, 5.41) is 0. The summed E-state index contributed by atoms with van der Waals surface area (Å²) >= 11 is 8.80. The highest BCUT2D eigenvalue weighted by Gasteiger charge is 2.05. The van der Waals surface area contributed by atoms with E-state index in [1.54, 1.807) is 6.07 Å². The molecule has 0 amide bonds. The van der Waals surface area contributed by atoms with Gasteiger partial charge in [-0.1, -0.05) is 22.0 Å². The maximum atomic E-state index is 13.4. The van der Waals surface area contributed by atoms with Crippen LogP contribution in [0.2, 0.25) is 0 Å². The normalized spacial score (nSPS) is 10.9. The molecule has 0 aliphatic carbocycles. The van der Waals surface area contributed by atoms with Crippen molar-refractivity contribution in [1.29, 1.82) is 0 Å². The lowest BCUT2D eigenvalue weighted by atomic mass is 10.2. The Morgan fingerprint density at radius 2 is 2.21 bits per heavy atom. The van der Waals surface area contributed by atoms with Gasteiger partial charge in [-0.15, -0.1) is 11.6 Å². The van der Waals surface area contributed by atoms with Crippen molar-refractivity contribution in [3.8, 4) is 0 Å². The lowest BCUT2D eigenvalue weighted by Crippen LogP contribution is -2.20. The van der Waals surface area contributed by atoms with Gasteiger partial charge in [-0.25, -0.2) is 4.39 Å². The lowest BCUT2D eigenvalue weighted by molar-refractivity contribution is 0.341. The van der Waals surface area contributed by atoms with Crippen molar-refractivity contribution < 1.29 is 4.39 Å². The Kier molecular flexibility index (Phi) is 4.85. The Morgan fingerprint density at radius 3 is 2.79 bits per heavy atom. The van der Waals surface area contributed by atoms with Crippen LogP contribution in [0.4, 0.5) is 4.39 Å². The van der Waals surface area contributed by atoms with E-state index >= 15 is 0 Å². The van der Waals surface area contributed by atoms with Crippen LogP contribution < -0.4 is 0 Å². The minimum absolute atomic E-state index is 0.180. The van der Waals surface area contributed by atoms with Gasteiger partial charge in [0.1, 0.15) is 5.82 Å². The molecule has 1 rings (SSSR count). The first-order valence-corrected chi connectivity index (χ1v) is 5.64. The van der Waals surface area contributed by atoms with Crippen LogP contribution in [-0.2, 0) is 6.54 Å². The van der Waals surface area contributed by atoms with Crippen LogP contribution in [-0.4, -0.2) is 24.4 Å². The molecule has 0 saturated heterocycles. The van der Waals surface area contributed by atoms with E-state index < -0.39 is 0 Å². The lowest BCUT2D eigenvalue weighted by Gasteiger charge is -2.15. The fourth-order valence-electron chi connectivity index (χ4n) is 1.16. The first-order valence-electron chi connectivity index (χ1n) is 4.32. The van der Waals surface area contributed by atoms with E-state index in [4.69, 9.17) is 11.6 Å². The summed E-state index contributed by atoms with van der Waals surface area (Å²) in [5.74, 6) is 0.384. The zero-order valence-corrected chi connectivity index (χ0v) is 10.3. The standard InChI is InChI=1S/C10H12BrClFN/c1-14(5-4-12)7-8-2-3-9(11)6-10(8)13/h2-3,6H,4-5,7H2,1H3. The zero-order valence-electron chi connectivity index (χ0n) is 7.93. The number of hydrogen-bond donors (Lipinski definition) is 0. The smallest absolute Gasteiger partial charge is 0.128 e. The maximum Gasteiger partial charge on any atom is 0.128 e. The van der Waals surface area contributed by atoms with Gasteiger partial charge in [-0.2, -0.15) is 0 Å². The molecule has 14 heavy (non-hydrogen) atoms. The molecule has 0 bridgehead atoms. The largest absolute Gasteiger partial charge is 0.301 e. The van der Waals surface area contributed by atoms with E-state index in [1.807, 2.05) is 18.0 Å². The maximum absolute atomic E-state index is 13.4. The van der Waals surface area contributed by atoms with Gasteiger partial charge in [0, 0.05) is 29.0 Å². The Bertz CT molecular complexity index is 306. The van der Waals surface area contributed by atoms with E-state index in [0.717, 1.165) is 11.0 Å². The van der Waals surface area contributed by atoms with Crippen molar-refractivity contribution in [1.82, 2.24) is 4.90 Å². The fourth-order valence-corrected chi connectivity index (χ4v) is 1.79. The second-order valence-corrected chi connectivity index (χ2v) is 4.46. The number of benzene rings is 1. The van der Waals surface area contributed by atoms with Crippen molar-refractivity contribution in [3.05, 3.63) is 34.1 Å². The second-order valence-electron chi connectivity index (χ2n) is 3.16. The zero-order chi connectivity index (χ0) is 10.6. The number of rotatable bonds is 4. The third-order valence-electron chi connectivity index (χ3n) is 1.92. The van der Waals surface area contributed by atoms with Crippen LogP contribution >= 0.6 is 27.5 Å². The van der Waals surface area contributed by atoms with Gasteiger partial charge >= 0.3 is 0 Å². The van der Waals surface area contributed by atoms with Gasteiger partial charge in [0.2, 0.25) is 0 Å². The van der Waals surface area contributed by atoms with Crippen molar-refractivity contribution >= 4 is 27.5 Å². The fraction of sp³-hybridized carbons (Fsp3) is 0.400. The van der Waals surface area contributed by atoms with E-state index in [9.17, 15) is 4.39 Å². The Labute approximate surface area is 97.0 Å². The van der Waals surface area contributed by atoms with Crippen molar-refractivity contribution in [3.63, 3.8) is 0 Å². The molecular weight excluding hydrogens is 268 g/mol. The molecule has 0 unspecified atom stereocenters. The van der Waals surface area contributed by atoms with E-state index in [0.29, 0.717) is 18.0 Å². The molecule has 0 spiro atoms. The molecule has 0 radical (unpaired) electrons. The monoisotopic (exact) mass is 279 g/mol. The summed E-state index contributed by atoms with van der Waals surface area (Å²) in [6.07, 6.45) is 0. The summed E-state index contributed by atoms with van der Waals surface area (Å²) in [5.41, 5.74) is 0.695. The summed E-state index contributed by atoms with van der Waals surface area (Å²) < 4.78 is 14.1. The summed E-state index contributed by atoms with van der Waals surface area (Å²) in [6, 6.07) is 5.10. The van der Waals surface area contributed by atoms with Crippen molar-refractivity contribution in [2.45, 2.75) is 6.54 Å². The average Bonchev–Trinajstić information content (AvgIpc) is 2.10. The van der Waals surface area contributed by atoms with E-state index in [1.165, 1.54) is 6.07 Å². The van der Waals surface area contributed by atoms with Crippen LogP contribution in [0.15, 0.2) is 22.7 Å². The van der Waals surface area contributed by atoms with Gasteiger partial charge in [0.25, 0.3) is 0 Å². The molecular formula is C10H12BrClFN.